The number of rotatable bonds is 4. The summed E-state index contributed by atoms with van der Waals surface area (Å²) in [4.78, 5) is 17.4. The molecule has 0 amide bonds. The maximum Gasteiger partial charge on any atom is 0.357 e. The topological polar surface area (TPSA) is 39.2 Å². The number of methoxy groups -OCH3 is 1. The van der Waals surface area contributed by atoms with Crippen LogP contribution < -0.4 is 0 Å². The number of aryl methyl sites for hydroxylation is 1. The zero-order valence-electron chi connectivity index (χ0n) is 10.5. The Kier molecular flexibility index (Phi) is 4.55. The van der Waals surface area contributed by atoms with E-state index in [1.807, 2.05) is 13.0 Å². The van der Waals surface area contributed by atoms with Crippen LogP contribution in [0.1, 0.15) is 20.4 Å². The molecule has 2 aromatic rings. The molecule has 1 aromatic carbocycles. The van der Waals surface area contributed by atoms with E-state index in [1.54, 1.807) is 6.07 Å². The second kappa shape index (κ2) is 6.16. The Morgan fingerprint density at radius 1 is 1.53 bits per heavy atom. The molecule has 100 valence electrons. The van der Waals surface area contributed by atoms with Gasteiger partial charge in [-0.05, 0) is 25.1 Å². The van der Waals surface area contributed by atoms with E-state index in [-0.39, 0.29) is 5.82 Å². The minimum atomic E-state index is -0.421. The van der Waals surface area contributed by atoms with Gasteiger partial charge in [0.1, 0.15) is 10.8 Å². The van der Waals surface area contributed by atoms with Gasteiger partial charge in [0.05, 0.1) is 12.9 Å². The molecule has 2 rings (SSSR count). The van der Waals surface area contributed by atoms with Gasteiger partial charge in [0.2, 0.25) is 0 Å². The van der Waals surface area contributed by atoms with Gasteiger partial charge in [0.15, 0.2) is 5.69 Å². The van der Waals surface area contributed by atoms with Crippen LogP contribution >= 0.6 is 23.1 Å². The van der Waals surface area contributed by atoms with Crippen molar-refractivity contribution in [3.63, 3.8) is 0 Å². The quantitative estimate of drug-likeness (QED) is 0.637. The van der Waals surface area contributed by atoms with Gasteiger partial charge < -0.3 is 4.74 Å². The molecule has 6 heteroatoms. The fraction of sp³-hybridized carbons (Fsp3) is 0.231. The van der Waals surface area contributed by atoms with E-state index in [4.69, 9.17) is 0 Å². The molecular weight excluding hydrogens is 285 g/mol. The van der Waals surface area contributed by atoms with Crippen molar-refractivity contribution >= 4 is 29.1 Å². The monoisotopic (exact) mass is 297 g/mol. The van der Waals surface area contributed by atoms with E-state index < -0.39 is 5.97 Å². The molecule has 1 aromatic heterocycles. The van der Waals surface area contributed by atoms with Gasteiger partial charge in [0.25, 0.3) is 0 Å². The zero-order chi connectivity index (χ0) is 13.8. The Morgan fingerprint density at radius 2 is 2.32 bits per heavy atom. The summed E-state index contributed by atoms with van der Waals surface area (Å²) in [5, 5.41) is 0.826. The largest absolute Gasteiger partial charge is 0.464 e. The van der Waals surface area contributed by atoms with Crippen molar-refractivity contribution in [1.29, 1.82) is 0 Å². The van der Waals surface area contributed by atoms with Crippen LogP contribution in [0.2, 0.25) is 0 Å². The second-order valence-corrected chi connectivity index (χ2v) is 6.09. The standard InChI is InChI=1S/C13H12FNO2S2/c1-8-12(13(16)17-2)15-11(19-8)7-18-10-5-3-4-9(14)6-10/h3-6H,7H2,1-2H3. The number of carbonyl (C=O) groups excluding carboxylic acids is 1. The van der Waals surface area contributed by atoms with Crippen molar-refractivity contribution in [1.82, 2.24) is 4.98 Å². The first-order chi connectivity index (χ1) is 9.10. The predicted molar refractivity (Wildman–Crippen MR) is 74.2 cm³/mol. The first-order valence-electron chi connectivity index (χ1n) is 5.53. The maximum atomic E-state index is 13.0. The van der Waals surface area contributed by atoms with Crippen molar-refractivity contribution in [2.45, 2.75) is 17.6 Å². The number of aromatic nitrogens is 1. The van der Waals surface area contributed by atoms with Crippen molar-refractivity contribution in [2.24, 2.45) is 0 Å². The number of thioether (sulfide) groups is 1. The summed E-state index contributed by atoms with van der Waals surface area (Å²) in [7, 11) is 1.34. The van der Waals surface area contributed by atoms with E-state index >= 15 is 0 Å². The lowest BCUT2D eigenvalue weighted by Gasteiger charge is -1.98. The smallest absolute Gasteiger partial charge is 0.357 e. The second-order valence-electron chi connectivity index (χ2n) is 3.75. The van der Waals surface area contributed by atoms with Crippen LogP contribution in [0.3, 0.4) is 0 Å². The minimum absolute atomic E-state index is 0.254. The number of esters is 1. The summed E-state index contributed by atoms with van der Waals surface area (Å²) >= 11 is 2.94. The Hall–Kier alpha value is -1.40. The summed E-state index contributed by atoms with van der Waals surface area (Å²) in [5.74, 6) is -0.0716. The van der Waals surface area contributed by atoms with E-state index in [1.165, 1.54) is 42.3 Å². The molecule has 19 heavy (non-hydrogen) atoms. The summed E-state index contributed by atoms with van der Waals surface area (Å²) in [6, 6.07) is 6.40. The summed E-state index contributed by atoms with van der Waals surface area (Å²) in [6.45, 7) is 1.83. The Morgan fingerprint density at radius 3 is 3.00 bits per heavy atom. The Balaban J connectivity index is 2.06. The molecule has 0 radical (unpaired) electrons. The molecule has 0 bridgehead atoms. The van der Waals surface area contributed by atoms with Crippen LogP contribution in [-0.4, -0.2) is 18.1 Å². The molecule has 0 spiro atoms. The van der Waals surface area contributed by atoms with Gasteiger partial charge in [-0.25, -0.2) is 14.2 Å². The average molecular weight is 297 g/mol. The van der Waals surface area contributed by atoms with Crippen LogP contribution in [0.4, 0.5) is 4.39 Å². The summed E-state index contributed by atoms with van der Waals surface area (Å²) in [5.41, 5.74) is 0.363. The van der Waals surface area contributed by atoms with Gasteiger partial charge in [-0.1, -0.05) is 6.07 Å². The summed E-state index contributed by atoms with van der Waals surface area (Å²) < 4.78 is 17.7. The van der Waals surface area contributed by atoms with Crippen LogP contribution in [0.25, 0.3) is 0 Å². The van der Waals surface area contributed by atoms with Crippen LogP contribution in [0.5, 0.6) is 0 Å². The molecule has 0 saturated carbocycles. The van der Waals surface area contributed by atoms with E-state index in [9.17, 15) is 9.18 Å². The highest BCUT2D eigenvalue weighted by molar-refractivity contribution is 7.98. The van der Waals surface area contributed by atoms with Gasteiger partial charge in [0, 0.05) is 9.77 Å². The Bertz CT molecular complexity index is 598. The van der Waals surface area contributed by atoms with Crippen LogP contribution in [-0.2, 0) is 10.5 Å². The van der Waals surface area contributed by atoms with Crippen LogP contribution in [0.15, 0.2) is 29.2 Å². The minimum Gasteiger partial charge on any atom is -0.464 e. The molecular formula is C13H12FNO2S2. The lowest BCUT2D eigenvalue weighted by molar-refractivity contribution is 0.0594. The first-order valence-corrected chi connectivity index (χ1v) is 7.33. The first kappa shape index (κ1) is 14.0. The maximum absolute atomic E-state index is 13.0. The predicted octanol–water partition coefficient (Wildman–Crippen LogP) is 3.67. The lowest BCUT2D eigenvalue weighted by Crippen LogP contribution is -2.03. The molecule has 0 fully saturated rings. The number of ether oxygens (including phenoxy) is 1. The number of nitrogens with zero attached hydrogens (tertiary/aromatic N) is 1. The fourth-order valence-electron chi connectivity index (χ4n) is 1.50. The number of hydrogen-bond donors (Lipinski definition) is 0. The van der Waals surface area contributed by atoms with Gasteiger partial charge in [-0.2, -0.15) is 0 Å². The zero-order valence-corrected chi connectivity index (χ0v) is 12.1. The summed E-state index contributed by atoms with van der Waals surface area (Å²) in [6.07, 6.45) is 0. The molecule has 1 heterocycles. The van der Waals surface area contributed by atoms with Crippen molar-refractivity contribution in [2.75, 3.05) is 7.11 Å². The molecule has 0 unspecified atom stereocenters. The third kappa shape index (κ3) is 3.54. The molecule has 0 aliphatic rings. The Labute approximate surface area is 118 Å². The van der Waals surface area contributed by atoms with E-state index in [0.29, 0.717) is 11.4 Å². The number of carbonyl (C=O) groups is 1. The van der Waals surface area contributed by atoms with E-state index in [2.05, 4.69) is 9.72 Å². The fourth-order valence-corrected chi connectivity index (χ4v) is 3.35. The van der Waals surface area contributed by atoms with Crippen molar-refractivity contribution < 1.29 is 13.9 Å². The highest BCUT2D eigenvalue weighted by Gasteiger charge is 2.15. The molecule has 0 saturated heterocycles. The van der Waals surface area contributed by atoms with Gasteiger partial charge in [-0.15, -0.1) is 23.1 Å². The number of benzene rings is 1. The average Bonchev–Trinajstić information content (AvgIpc) is 2.77. The van der Waals surface area contributed by atoms with Gasteiger partial charge >= 0.3 is 5.97 Å². The third-order valence-electron chi connectivity index (χ3n) is 2.38. The van der Waals surface area contributed by atoms with Crippen LogP contribution in [0, 0.1) is 12.7 Å². The molecule has 0 N–H and O–H groups in total. The molecule has 0 atom stereocenters. The van der Waals surface area contributed by atoms with Gasteiger partial charge in [-0.3, -0.25) is 0 Å². The van der Waals surface area contributed by atoms with E-state index in [0.717, 1.165) is 14.8 Å². The van der Waals surface area contributed by atoms with Crippen molar-refractivity contribution in [3.8, 4) is 0 Å². The highest BCUT2D eigenvalue weighted by Crippen LogP contribution is 2.27. The molecule has 3 nitrogen and oxygen atoms in total. The normalized spacial score (nSPS) is 10.5. The third-order valence-corrected chi connectivity index (χ3v) is 4.54. The molecule has 0 aliphatic heterocycles. The number of halogens is 1. The SMILES string of the molecule is COC(=O)c1nc(CSc2cccc(F)c2)sc1C. The van der Waals surface area contributed by atoms with Crippen molar-refractivity contribution in [3.05, 3.63) is 45.7 Å². The lowest BCUT2D eigenvalue weighted by atomic mass is 10.4. The number of hydrogen-bond acceptors (Lipinski definition) is 5. The number of thiazole rings is 1. The highest BCUT2D eigenvalue weighted by atomic mass is 32.2. The molecule has 0 aliphatic carbocycles.